The lowest BCUT2D eigenvalue weighted by Gasteiger charge is -2.15. The van der Waals surface area contributed by atoms with Crippen LogP contribution in [-0.4, -0.2) is 29.4 Å². The number of nitrogen functional groups attached to an aromatic ring is 1. The van der Waals surface area contributed by atoms with E-state index in [1.807, 2.05) is 12.2 Å². The van der Waals surface area contributed by atoms with E-state index in [1.165, 1.54) is 0 Å². The molecule has 6 heteroatoms. The number of nitrogens with one attached hydrogen (secondary N) is 2. The maximum Gasteiger partial charge on any atom is 0.172 e. The van der Waals surface area contributed by atoms with Crippen molar-refractivity contribution in [1.82, 2.24) is 10.3 Å². The number of rotatable bonds is 5. The Hall–Kier alpha value is -1.92. The molecule has 2 rings (SSSR count). The Bertz CT molecular complexity index is 498. The highest BCUT2D eigenvalue weighted by Crippen LogP contribution is 2.07. The number of allylic oxidation sites excluding steroid dienone is 2. The molecule has 0 radical (unpaired) electrons. The first-order valence-corrected chi connectivity index (χ1v) is 6.86. The van der Waals surface area contributed by atoms with Crippen LogP contribution in [0, 0.1) is 0 Å². The van der Waals surface area contributed by atoms with Crippen LogP contribution in [0.3, 0.4) is 0 Å². The molecule has 106 valence electrons. The van der Waals surface area contributed by atoms with Crippen molar-refractivity contribution < 1.29 is 4.74 Å². The summed E-state index contributed by atoms with van der Waals surface area (Å²) < 4.78 is 5.68. The molecule has 0 saturated carbocycles. The highest BCUT2D eigenvalue weighted by Gasteiger charge is 2.04. The van der Waals surface area contributed by atoms with Crippen LogP contribution in [0.2, 0.25) is 0 Å². The third kappa shape index (κ3) is 4.99. The van der Waals surface area contributed by atoms with E-state index in [0.29, 0.717) is 29.8 Å². The summed E-state index contributed by atoms with van der Waals surface area (Å²) in [5.74, 6) is 0.665. The fourth-order valence-corrected chi connectivity index (χ4v) is 1.90. The summed E-state index contributed by atoms with van der Waals surface area (Å²) in [6, 6.07) is 3.54. The Kier molecular flexibility index (Phi) is 5.52. The first-order valence-electron chi connectivity index (χ1n) is 6.45. The summed E-state index contributed by atoms with van der Waals surface area (Å²) in [6.07, 6.45) is 10.8. The number of thiocarbonyl (C=S) groups is 1. The number of hydrogen-bond donors (Lipinski definition) is 3. The zero-order chi connectivity index (χ0) is 14.2. The predicted octanol–water partition coefficient (Wildman–Crippen LogP) is 1.85. The molecule has 0 spiro atoms. The number of aromatic nitrogens is 1. The van der Waals surface area contributed by atoms with Gasteiger partial charge in [0.25, 0.3) is 0 Å². The van der Waals surface area contributed by atoms with Crippen molar-refractivity contribution >= 4 is 28.8 Å². The minimum absolute atomic E-state index is 0.169. The summed E-state index contributed by atoms with van der Waals surface area (Å²) in [5, 5.41) is 6.57. The van der Waals surface area contributed by atoms with Crippen LogP contribution >= 0.6 is 12.2 Å². The third-order valence-electron chi connectivity index (χ3n) is 2.69. The first kappa shape index (κ1) is 14.5. The molecule has 0 amide bonds. The maximum atomic E-state index is 5.68. The highest BCUT2D eigenvalue weighted by atomic mass is 32.1. The predicted molar refractivity (Wildman–Crippen MR) is 85.5 cm³/mol. The molecule has 1 heterocycles. The van der Waals surface area contributed by atoms with Crippen molar-refractivity contribution in [2.24, 2.45) is 0 Å². The van der Waals surface area contributed by atoms with E-state index in [4.69, 9.17) is 22.7 Å². The van der Waals surface area contributed by atoms with Gasteiger partial charge in [-0.2, -0.15) is 0 Å². The van der Waals surface area contributed by atoms with Gasteiger partial charge in [0.1, 0.15) is 5.82 Å². The lowest BCUT2D eigenvalue weighted by atomic mass is 10.1. The van der Waals surface area contributed by atoms with Crippen LogP contribution in [-0.2, 0) is 4.74 Å². The quantitative estimate of drug-likeness (QED) is 0.568. The van der Waals surface area contributed by atoms with Gasteiger partial charge in [-0.3, -0.25) is 0 Å². The molecule has 0 saturated heterocycles. The topological polar surface area (TPSA) is 72.2 Å². The minimum Gasteiger partial charge on any atom is -0.397 e. The van der Waals surface area contributed by atoms with Gasteiger partial charge < -0.3 is 21.1 Å². The molecule has 1 aliphatic carbocycles. The minimum atomic E-state index is 0.169. The normalized spacial score (nSPS) is 16.9. The zero-order valence-electron chi connectivity index (χ0n) is 11.1. The van der Waals surface area contributed by atoms with Gasteiger partial charge in [-0.15, -0.1) is 0 Å². The van der Waals surface area contributed by atoms with Crippen LogP contribution in [0.15, 0.2) is 42.6 Å². The van der Waals surface area contributed by atoms with Gasteiger partial charge in [-0.25, -0.2) is 4.98 Å². The molecule has 20 heavy (non-hydrogen) atoms. The van der Waals surface area contributed by atoms with E-state index in [-0.39, 0.29) is 6.10 Å². The Morgan fingerprint density at radius 2 is 2.35 bits per heavy atom. The molecule has 1 aliphatic rings. The molecule has 5 nitrogen and oxygen atoms in total. The molecule has 0 fully saturated rings. The SMILES string of the molecule is Nc1ccc(NC(=S)NCCOC2C=CC=CC2)nc1. The smallest absolute Gasteiger partial charge is 0.172 e. The molecule has 1 atom stereocenters. The fraction of sp³-hybridized carbons (Fsp3) is 0.286. The van der Waals surface area contributed by atoms with Crippen molar-refractivity contribution in [2.75, 3.05) is 24.2 Å². The van der Waals surface area contributed by atoms with Gasteiger partial charge in [0.15, 0.2) is 5.11 Å². The lowest BCUT2D eigenvalue weighted by molar-refractivity contribution is 0.0908. The standard InChI is InChI=1S/C14H18N4OS/c15-11-6-7-13(17-10-11)18-14(20)16-8-9-19-12-4-2-1-3-5-12/h1-4,6-7,10,12H,5,8-9,15H2,(H2,16,17,18,20). The molecule has 1 unspecified atom stereocenters. The number of nitrogens with zero attached hydrogens (tertiary/aromatic N) is 1. The first-order chi connectivity index (χ1) is 9.74. The number of anilines is 2. The van der Waals surface area contributed by atoms with Gasteiger partial charge >= 0.3 is 0 Å². The third-order valence-corrected chi connectivity index (χ3v) is 2.94. The second-order valence-corrected chi connectivity index (χ2v) is 4.72. The Balaban J connectivity index is 1.61. The fourth-order valence-electron chi connectivity index (χ4n) is 1.70. The van der Waals surface area contributed by atoms with Crippen LogP contribution in [0.5, 0.6) is 0 Å². The summed E-state index contributed by atoms with van der Waals surface area (Å²) in [4.78, 5) is 4.11. The van der Waals surface area contributed by atoms with Crippen molar-refractivity contribution in [3.05, 3.63) is 42.6 Å². The lowest BCUT2D eigenvalue weighted by Crippen LogP contribution is -2.32. The molecular weight excluding hydrogens is 272 g/mol. The van der Waals surface area contributed by atoms with E-state index in [9.17, 15) is 0 Å². The zero-order valence-corrected chi connectivity index (χ0v) is 11.9. The Morgan fingerprint density at radius 1 is 1.45 bits per heavy atom. The van der Waals surface area contributed by atoms with E-state index in [2.05, 4.69) is 27.8 Å². The molecule has 1 aromatic heterocycles. The summed E-state index contributed by atoms with van der Waals surface area (Å²) >= 11 is 5.16. The Morgan fingerprint density at radius 3 is 3.05 bits per heavy atom. The second-order valence-electron chi connectivity index (χ2n) is 4.32. The molecular formula is C14H18N4OS. The van der Waals surface area contributed by atoms with Crippen LogP contribution < -0.4 is 16.4 Å². The number of nitrogens with two attached hydrogens (primary N) is 1. The molecule has 0 aromatic carbocycles. The average Bonchev–Trinajstić information content (AvgIpc) is 2.47. The second kappa shape index (κ2) is 7.62. The molecule has 1 aromatic rings. The number of hydrogen-bond acceptors (Lipinski definition) is 4. The van der Waals surface area contributed by atoms with E-state index >= 15 is 0 Å². The van der Waals surface area contributed by atoms with Crippen molar-refractivity contribution in [1.29, 1.82) is 0 Å². The maximum absolute atomic E-state index is 5.68. The molecule has 0 bridgehead atoms. The molecule has 4 N–H and O–H groups in total. The average molecular weight is 290 g/mol. The number of pyridine rings is 1. The summed E-state index contributed by atoms with van der Waals surface area (Å²) in [7, 11) is 0. The van der Waals surface area contributed by atoms with Crippen LogP contribution in [0.4, 0.5) is 11.5 Å². The van der Waals surface area contributed by atoms with Gasteiger partial charge in [-0.05, 0) is 30.8 Å². The van der Waals surface area contributed by atoms with Crippen LogP contribution in [0.25, 0.3) is 0 Å². The van der Waals surface area contributed by atoms with Gasteiger partial charge in [0.05, 0.1) is 24.6 Å². The van der Waals surface area contributed by atoms with Gasteiger partial charge in [0.2, 0.25) is 0 Å². The van der Waals surface area contributed by atoms with Crippen LogP contribution in [0.1, 0.15) is 6.42 Å². The number of ether oxygens (including phenoxy) is 1. The van der Waals surface area contributed by atoms with E-state index in [1.54, 1.807) is 18.3 Å². The highest BCUT2D eigenvalue weighted by molar-refractivity contribution is 7.80. The van der Waals surface area contributed by atoms with Crippen molar-refractivity contribution in [3.63, 3.8) is 0 Å². The summed E-state index contributed by atoms with van der Waals surface area (Å²) in [6.45, 7) is 1.24. The van der Waals surface area contributed by atoms with Gasteiger partial charge in [-0.1, -0.05) is 24.3 Å². The molecule has 0 aliphatic heterocycles. The summed E-state index contributed by atoms with van der Waals surface area (Å²) in [5.41, 5.74) is 6.18. The van der Waals surface area contributed by atoms with E-state index < -0.39 is 0 Å². The monoisotopic (exact) mass is 290 g/mol. The van der Waals surface area contributed by atoms with Crippen molar-refractivity contribution in [2.45, 2.75) is 12.5 Å². The van der Waals surface area contributed by atoms with Crippen molar-refractivity contribution in [3.8, 4) is 0 Å². The largest absolute Gasteiger partial charge is 0.397 e. The van der Waals surface area contributed by atoms with E-state index in [0.717, 1.165) is 6.42 Å². The van der Waals surface area contributed by atoms with Gasteiger partial charge in [0, 0.05) is 6.54 Å². The Labute approximate surface area is 123 Å².